The average molecular weight is 439 g/mol. The number of hydrogen-bond acceptors (Lipinski definition) is 5. The molecule has 0 amide bonds. The van der Waals surface area contributed by atoms with Gasteiger partial charge < -0.3 is 10.2 Å². The fourth-order valence-corrected chi connectivity index (χ4v) is 4.86. The minimum Gasteiger partial charge on any atom is -0.349 e. The summed E-state index contributed by atoms with van der Waals surface area (Å²) in [6, 6.07) is 14.0. The van der Waals surface area contributed by atoms with E-state index in [1.54, 1.807) is 12.4 Å². The Balaban J connectivity index is 1.47. The highest BCUT2D eigenvalue weighted by molar-refractivity contribution is 7.80. The van der Waals surface area contributed by atoms with Crippen molar-refractivity contribution in [2.45, 2.75) is 25.7 Å². The first-order chi connectivity index (χ1) is 15.8. The molecule has 0 spiro atoms. The molecule has 6 rings (SSSR count). The van der Waals surface area contributed by atoms with E-state index in [-0.39, 0.29) is 0 Å². The standard InChI is InChI=1S/C25H22N6S/c32-25(31-13-3-1-2-4-14-31)28-16-9-10-19-20(15-16)30-24-22-18(8-6-12-27-22)17-7-5-11-26-21(17)23(24)29-19/h5-12,15H,1-4,13-14H2,(H,28,32). The second-order valence-corrected chi connectivity index (χ2v) is 8.64. The number of hydrogen-bond donors (Lipinski definition) is 1. The second-order valence-electron chi connectivity index (χ2n) is 8.25. The van der Waals surface area contributed by atoms with Gasteiger partial charge in [-0.15, -0.1) is 0 Å². The van der Waals surface area contributed by atoms with Crippen molar-refractivity contribution in [3.63, 3.8) is 0 Å². The van der Waals surface area contributed by atoms with E-state index in [1.807, 2.05) is 30.3 Å². The van der Waals surface area contributed by atoms with Crippen LogP contribution in [0.4, 0.5) is 5.69 Å². The van der Waals surface area contributed by atoms with E-state index in [4.69, 9.17) is 22.2 Å². The molecule has 0 radical (unpaired) electrons. The highest BCUT2D eigenvalue weighted by Crippen LogP contribution is 2.32. The fraction of sp³-hybridized carbons (Fsp3) is 0.240. The Bertz CT molecular complexity index is 1490. The Hall–Kier alpha value is -3.45. The molecule has 5 aromatic rings. The van der Waals surface area contributed by atoms with Gasteiger partial charge in [-0.2, -0.15) is 0 Å². The third-order valence-corrected chi connectivity index (χ3v) is 6.52. The van der Waals surface area contributed by atoms with Crippen molar-refractivity contribution in [3.8, 4) is 0 Å². The van der Waals surface area contributed by atoms with Gasteiger partial charge in [0.25, 0.3) is 0 Å². The second kappa shape index (κ2) is 7.91. The molecule has 0 atom stereocenters. The van der Waals surface area contributed by atoms with Crippen molar-refractivity contribution in [2.75, 3.05) is 18.4 Å². The summed E-state index contributed by atoms with van der Waals surface area (Å²) in [7, 11) is 0. The molecule has 1 fully saturated rings. The lowest BCUT2D eigenvalue weighted by molar-refractivity contribution is 0.441. The fourth-order valence-electron chi connectivity index (χ4n) is 4.56. The number of aromatic nitrogens is 4. The smallest absolute Gasteiger partial charge is 0.173 e. The first kappa shape index (κ1) is 19.3. The molecular formula is C25H22N6S. The Morgan fingerprint density at radius 1 is 0.750 bits per heavy atom. The van der Waals surface area contributed by atoms with Crippen LogP contribution in [0.3, 0.4) is 0 Å². The van der Waals surface area contributed by atoms with Crippen LogP contribution in [-0.2, 0) is 0 Å². The van der Waals surface area contributed by atoms with Crippen molar-refractivity contribution < 1.29 is 0 Å². The maximum Gasteiger partial charge on any atom is 0.173 e. The summed E-state index contributed by atoms with van der Waals surface area (Å²) in [6.07, 6.45) is 8.55. The molecule has 1 saturated heterocycles. The largest absolute Gasteiger partial charge is 0.349 e. The van der Waals surface area contributed by atoms with Gasteiger partial charge in [0.15, 0.2) is 5.11 Å². The first-order valence-electron chi connectivity index (χ1n) is 11.1. The van der Waals surface area contributed by atoms with Crippen LogP contribution in [0.1, 0.15) is 25.7 Å². The van der Waals surface area contributed by atoms with Crippen LogP contribution in [0.2, 0.25) is 0 Å². The number of fused-ring (bicyclic) bond motifs is 7. The van der Waals surface area contributed by atoms with E-state index in [1.165, 1.54) is 25.7 Å². The van der Waals surface area contributed by atoms with Gasteiger partial charge >= 0.3 is 0 Å². The van der Waals surface area contributed by atoms with Gasteiger partial charge in [0, 0.05) is 41.9 Å². The van der Waals surface area contributed by atoms with E-state index in [2.05, 4.69) is 32.3 Å². The van der Waals surface area contributed by atoms with Crippen molar-refractivity contribution in [2.24, 2.45) is 0 Å². The van der Waals surface area contributed by atoms with Gasteiger partial charge in [-0.3, -0.25) is 9.97 Å². The Kier molecular flexibility index (Phi) is 4.76. The molecule has 32 heavy (non-hydrogen) atoms. The maximum absolute atomic E-state index is 5.69. The average Bonchev–Trinajstić information content (AvgIpc) is 3.13. The number of pyridine rings is 2. The predicted molar refractivity (Wildman–Crippen MR) is 134 cm³/mol. The third-order valence-electron chi connectivity index (χ3n) is 6.16. The lowest BCUT2D eigenvalue weighted by Gasteiger charge is -2.24. The van der Waals surface area contributed by atoms with Crippen molar-refractivity contribution in [1.82, 2.24) is 24.8 Å². The molecule has 1 N–H and O–H groups in total. The number of likely N-dealkylation sites (tertiary alicyclic amines) is 1. The van der Waals surface area contributed by atoms with Crippen molar-refractivity contribution in [1.29, 1.82) is 0 Å². The molecule has 0 bridgehead atoms. The van der Waals surface area contributed by atoms with E-state index >= 15 is 0 Å². The maximum atomic E-state index is 5.69. The van der Waals surface area contributed by atoms with Crippen molar-refractivity contribution in [3.05, 3.63) is 54.9 Å². The van der Waals surface area contributed by atoms with Crippen LogP contribution in [0.5, 0.6) is 0 Å². The summed E-state index contributed by atoms with van der Waals surface area (Å²) in [5, 5.41) is 6.26. The number of anilines is 1. The normalized spacial score (nSPS) is 14.8. The zero-order chi connectivity index (χ0) is 21.5. The summed E-state index contributed by atoms with van der Waals surface area (Å²) in [6.45, 7) is 2.03. The summed E-state index contributed by atoms with van der Waals surface area (Å²) in [4.78, 5) is 21.5. The van der Waals surface area contributed by atoms with Crippen molar-refractivity contribution >= 4 is 66.9 Å². The van der Waals surface area contributed by atoms with Crippen LogP contribution in [0, 0.1) is 0 Å². The van der Waals surface area contributed by atoms with E-state index in [9.17, 15) is 0 Å². The molecule has 1 aliphatic heterocycles. The first-order valence-corrected chi connectivity index (χ1v) is 11.5. The highest BCUT2D eigenvalue weighted by atomic mass is 32.1. The van der Waals surface area contributed by atoms with Gasteiger partial charge in [-0.25, -0.2) is 9.97 Å². The Morgan fingerprint density at radius 3 is 2.03 bits per heavy atom. The van der Waals surface area contributed by atoms with E-state index in [0.29, 0.717) is 0 Å². The van der Waals surface area contributed by atoms with Gasteiger partial charge in [0.2, 0.25) is 0 Å². The number of thiocarbonyl (C=S) groups is 1. The molecule has 0 saturated carbocycles. The molecule has 0 aliphatic carbocycles. The molecule has 4 heterocycles. The van der Waals surface area contributed by atoms with Crippen LogP contribution in [0.25, 0.3) is 43.9 Å². The minimum absolute atomic E-state index is 0.770. The molecule has 6 nitrogen and oxygen atoms in total. The van der Waals surface area contributed by atoms with Gasteiger partial charge in [0.1, 0.15) is 11.0 Å². The summed E-state index contributed by atoms with van der Waals surface area (Å²) >= 11 is 5.69. The molecule has 0 unspecified atom stereocenters. The lowest BCUT2D eigenvalue weighted by atomic mass is 10.1. The van der Waals surface area contributed by atoms with Crippen LogP contribution in [0.15, 0.2) is 54.9 Å². The summed E-state index contributed by atoms with van der Waals surface area (Å²) in [5.74, 6) is 0. The Morgan fingerprint density at radius 2 is 1.38 bits per heavy atom. The number of rotatable bonds is 1. The predicted octanol–water partition coefficient (Wildman–Crippen LogP) is 5.45. The molecule has 158 valence electrons. The third kappa shape index (κ3) is 3.29. The van der Waals surface area contributed by atoms with E-state index < -0.39 is 0 Å². The topological polar surface area (TPSA) is 66.8 Å². The van der Waals surface area contributed by atoms with Crippen LogP contribution in [-0.4, -0.2) is 43.0 Å². The quantitative estimate of drug-likeness (QED) is 0.212. The van der Waals surface area contributed by atoms with Crippen LogP contribution < -0.4 is 5.32 Å². The zero-order valence-electron chi connectivity index (χ0n) is 17.6. The Labute approximate surface area is 190 Å². The monoisotopic (exact) mass is 438 g/mol. The number of benzene rings is 2. The van der Waals surface area contributed by atoms with E-state index in [0.717, 1.165) is 67.8 Å². The van der Waals surface area contributed by atoms with Gasteiger partial charge in [0.05, 0.1) is 22.1 Å². The number of nitrogens with zero attached hydrogens (tertiary/aromatic N) is 5. The molecule has 1 aliphatic rings. The van der Waals surface area contributed by atoms with Crippen LogP contribution >= 0.6 is 12.2 Å². The summed E-state index contributed by atoms with van der Waals surface area (Å²) in [5.41, 5.74) is 5.80. The molecule has 2 aromatic carbocycles. The highest BCUT2D eigenvalue weighted by Gasteiger charge is 2.15. The van der Waals surface area contributed by atoms with Gasteiger partial charge in [-0.1, -0.05) is 25.0 Å². The summed E-state index contributed by atoms with van der Waals surface area (Å²) < 4.78 is 0. The lowest BCUT2D eigenvalue weighted by Crippen LogP contribution is -2.35. The molecular weight excluding hydrogens is 416 g/mol. The molecule has 3 aromatic heterocycles. The number of nitrogens with one attached hydrogen (secondary N) is 1. The van der Waals surface area contributed by atoms with Gasteiger partial charge in [-0.05, 0) is 55.4 Å². The zero-order valence-corrected chi connectivity index (χ0v) is 18.4. The SMILES string of the molecule is S=C(Nc1ccc2nc3c4ncccc4c4cccnc4c3nc2c1)N1CCCCCC1. The molecule has 7 heteroatoms. The minimum atomic E-state index is 0.770.